The fourth-order valence-corrected chi connectivity index (χ4v) is 1.81. The van der Waals surface area contributed by atoms with Gasteiger partial charge < -0.3 is 0 Å². The molecule has 0 aliphatic carbocycles. The predicted molar refractivity (Wildman–Crippen MR) is 60.4 cm³/mol. The summed E-state index contributed by atoms with van der Waals surface area (Å²) in [4.78, 5) is 0. The highest BCUT2D eigenvalue weighted by molar-refractivity contribution is 6.48. The molecule has 0 saturated heterocycles. The molecule has 0 radical (unpaired) electrons. The van der Waals surface area contributed by atoms with Crippen LogP contribution in [0.1, 0.15) is 11.1 Å². The molecule has 84 valence electrons. The Bertz CT molecular complexity index is 366. The van der Waals surface area contributed by atoms with E-state index in [-0.39, 0.29) is 16.1 Å². The maximum atomic E-state index is 13.2. The number of halogens is 7. The normalized spacial score (nSPS) is 13.0. The van der Waals surface area contributed by atoms with Crippen LogP contribution in [0.3, 0.4) is 0 Å². The van der Waals surface area contributed by atoms with E-state index in [9.17, 15) is 8.78 Å². The molecule has 0 unspecified atom stereocenters. The van der Waals surface area contributed by atoms with Gasteiger partial charge in [-0.25, -0.2) is 8.78 Å². The molecule has 0 bridgehead atoms. The van der Waals surface area contributed by atoms with Crippen molar-refractivity contribution in [2.24, 2.45) is 0 Å². The van der Waals surface area contributed by atoms with Crippen LogP contribution < -0.4 is 0 Å². The van der Waals surface area contributed by atoms with E-state index in [4.69, 9.17) is 58.0 Å². The smallest absolute Gasteiger partial charge is 0.203 e. The van der Waals surface area contributed by atoms with E-state index in [1.807, 2.05) is 0 Å². The van der Waals surface area contributed by atoms with Crippen molar-refractivity contribution in [3.05, 3.63) is 34.3 Å². The summed E-state index contributed by atoms with van der Waals surface area (Å²) in [6, 6.07) is 3.36. The monoisotopic (exact) mass is 312 g/mol. The van der Waals surface area contributed by atoms with Crippen molar-refractivity contribution >= 4 is 58.0 Å². The molecule has 0 heterocycles. The maximum Gasteiger partial charge on any atom is 0.284 e. The van der Waals surface area contributed by atoms with E-state index in [1.165, 1.54) is 12.1 Å². The zero-order valence-corrected chi connectivity index (χ0v) is 10.7. The number of hydrogen-bond acceptors (Lipinski definition) is 0. The summed E-state index contributed by atoms with van der Waals surface area (Å²) in [6.45, 7) is 0. The lowest BCUT2D eigenvalue weighted by Gasteiger charge is -2.15. The van der Waals surface area contributed by atoms with Crippen LogP contribution in [-0.2, 0) is 9.17 Å². The quantitative estimate of drug-likeness (QED) is 0.636. The van der Waals surface area contributed by atoms with Crippen molar-refractivity contribution in [3.8, 4) is 0 Å². The minimum atomic E-state index is -2.73. The van der Waals surface area contributed by atoms with Crippen LogP contribution in [0, 0.1) is 0 Å². The van der Waals surface area contributed by atoms with Crippen LogP contribution in [0.15, 0.2) is 18.2 Å². The Morgan fingerprint density at radius 3 is 1.87 bits per heavy atom. The van der Waals surface area contributed by atoms with Gasteiger partial charge >= 0.3 is 0 Å². The second-order valence-corrected chi connectivity index (χ2v) is 5.57. The van der Waals surface area contributed by atoms with Crippen molar-refractivity contribution in [2.75, 3.05) is 0 Å². The van der Waals surface area contributed by atoms with Crippen molar-refractivity contribution < 1.29 is 8.78 Å². The van der Waals surface area contributed by atoms with Crippen molar-refractivity contribution in [1.29, 1.82) is 0 Å². The number of rotatable bonds is 2. The van der Waals surface area contributed by atoms with Gasteiger partial charge in [0.15, 0.2) is 0 Å². The standard InChI is InChI=1S/C8H3Cl5F2/c9-6-2-1-4(7(10,11)14)3-5(6)8(12,13)15/h1-3H. The average molecular weight is 314 g/mol. The van der Waals surface area contributed by atoms with Gasteiger partial charge in [0.05, 0.1) is 0 Å². The highest BCUT2D eigenvalue weighted by Gasteiger charge is 2.32. The topological polar surface area (TPSA) is 0 Å². The number of benzene rings is 1. The first kappa shape index (κ1) is 13.6. The molecule has 15 heavy (non-hydrogen) atoms. The molecule has 0 aliphatic heterocycles. The van der Waals surface area contributed by atoms with Gasteiger partial charge in [-0.1, -0.05) is 64.1 Å². The van der Waals surface area contributed by atoms with E-state index < -0.39 is 9.17 Å². The van der Waals surface area contributed by atoms with E-state index in [0.717, 1.165) is 6.07 Å². The van der Waals surface area contributed by atoms with Gasteiger partial charge in [0.1, 0.15) is 0 Å². The molecule has 0 nitrogen and oxygen atoms in total. The van der Waals surface area contributed by atoms with Crippen LogP contribution >= 0.6 is 58.0 Å². The fourth-order valence-electron chi connectivity index (χ4n) is 0.919. The highest BCUT2D eigenvalue weighted by Crippen LogP contribution is 2.43. The number of hydrogen-bond donors (Lipinski definition) is 0. The van der Waals surface area contributed by atoms with Crippen molar-refractivity contribution in [3.63, 3.8) is 0 Å². The van der Waals surface area contributed by atoms with Gasteiger partial charge in [-0.3, -0.25) is 0 Å². The SMILES string of the molecule is FC(Cl)(Cl)c1ccc(Cl)c(C(F)(Cl)Cl)c1. The minimum Gasteiger partial charge on any atom is -0.203 e. The molecule has 0 aromatic heterocycles. The third-order valence-electron chi connectivity index (χ3n) is 1.60. The molecule has 1 aromatic rings. The van der Waals surface area contributed by atoms with E-state index in [0.29, 0.717) is 0 Å². The Labute approximate surface area is 110 Å². The van der Waals surface area contributed by atoms with Gasteiger partial charge in [0.25, 0.3) is 9.17 Å². The second kappa shape index (κ2) is 4.42. The van der Waals surface area contributed by atoms with E-state index in [1.54, 1.807) is 0 Å². The van der Waals surface area contributed by atoms with Gasteiger partial charge in [-0.2, -0.15) is 0 Å². The first-order valence-corrected chi connectivity index (χ1v) is 5.45. The third kappa shape index (κ3) is 3.50. The summed E-state index contributed by atoms with van der Waals surface area (Å²) in [6.07, 6.45) is 0. The van der Waals surface area contributed by atoms with Crippen molar-refractivity contribution in [1.82, 2.24) is 0 Å². The van der Waals surface area contributed by atoms with E-state index in [2.05, 4.69) is 0 Å². The molecule has 0 spiro atoms. The second-order valence-electron chi connectivity index (χ2n) is 2.69. The van der Waals surface area contributed by atoms with Gasteiger partial charge in [-0.05, 0) is 12.1 Å². The Morgan fingerprint density at radius 2 is 1.47 bits per heavy atom. The first-order chi connectivity index (χ1) is 6.62. The molecule has 0 N–H and O–H groups in total. The summed E-state index contributed by atoms with van der Waals surface area (Å²) in [5.41, 5.74) is -0.512. The summed E-state index contributed by atoms with van der Waals surface area (Å²) in [5, 5.41) is -0.0520. The Morgan fingerprint density at radius 1 is 0.933 bits per heavy atom. The Balaban J connectivity index is 3.30. The molecule has 7 heteroatoms. The summed E-state index contributed by atoms with van der Waals surface area (Å²) in [7, 11) is 0. The molecule has 0 aliphatic rings. The molecule has 1 rings (SSSR count). The lowest BCUT2D eigenvalue weighted by molar-refractivity contribution is 0.395. The fraction of sp³-hybridized carbons (Fsp3) is 0.250. The van der Waals surface area contributed by atoms with Gasteiger partial charge in [0.2, 0.25) is 0 Å². The van der Waals surface area contributed by atoms with Crippen LogP contribution in [0.2, 0.25) is 5.02 Å². The zero-order chi connectivity index (χ0) is 11.9. The predicted octanol–water partition coefficient (Wildman–Crippen LogP) is 5.45. The molecule has 0 saturated carbocycles. The molecule has 1 aromatic carbocycles. The molecular formula is C8H3Cl5F2. The minimum absolute atomic E-state index is 0.0520. The molecule has 0 fully saturated rings. The van der Waals surface area contributed by atoms with Crippen LogP contribution in [-0.4, -0.2) is 0 Å². The Kier molecular flexibility index (Phi) is 4.01. The van der Waals surface area contributed by atoms with Crippen LogP contribution in [0.25, 0.3) is 0 Å². The first-order valence-electron chi connectivity index (χ1n) is 3.56. The van der Waals surface area contributed by atoms with E-state index >= 15 is 0 Å². The third-order valence-corrected chi connectivity index (χ3v) is 2.77. The molecule has 0 amide bonds. The largest absolute Gasteiger partial charge is 0.284 e. The summed E-state index contributed by atoms with van der Waals surface area (Å²) in [5.74, 6) is 0. The Hall–Kier alpha value is 0.530. The molecular weight excluding hydrogens is 311 g/mol. The van der Waals surface area contributed by atoms with Crippen LogP contribution in [0.5, 0.6) is 0 Å². The number of alkyl halides is 6. The highest BCUT2D eigenvalue weighted by atomic mass is 35.5. The van der Waals surface area contributed by atoms with Crippen molar-refractivity contribution in [2.45, 2.75) is 9.17 Å². The maximum absolute atomic E-state index is 13.2. The summed E-state index contributed by atoms with van der Waals surface area (Å²) < 4.78 is 20.9. The molecule has 0 atom stereocenters. The van der Waals surface area contributed by atoms with Gasteiger partial charge in [-0.15, -0.1) is 0 Å². The summed E-state index contributed by atoms with van der Waals surface area (Å²) >= 11 is 26.4. The lowest BCUT2D eigenvalue weighted by atomic mass is 10.1. The van der Waals surface area contributed by atoms with Gasteiger partial charge in [0, 0.05) is 16.1 Å². The van der Waals surface area contributed by atoms with Crippen LogP contribution in [0.4, 0.5) is 8.78 Å². The lowest BCUT2D eigenvalue weighted by Crippen LogP contribution is -2.08. The average Bonchev–Trinajstić information content (AvgIpc) is 2.00. The zero-order valence-electron chi connectivity index (χ0n) is 6.88.